The maximum Gasteiger partial charge on any atom is 0.231 e. The second-order valence-electron chi connectivity index (χ2n) is 8.12. The van der Waals surface area contributed by atoms with E-state index in [0.717, 1.165) is 34.4 Å². The summed E-state index contributed by atoms with van der Waals surface area (Å²) in [5, 5.41) is 0. The summed E-state index contributed by atoms with van der Waals surface area (Å²) in [6, 6.07) is 4.16. The van der Waals surface area contributed by atoms with E-state index in [1.54, 1.807) is 28.4 Å². The molecule has 162 valence electrons. The monoisotopic (exact) mass is 414 g/mol. The molecule has 0 N–H and O–H groups in total. The molecule has 0 aromatic heterocycles. The van der Waals surface area contributed by atoms with Gasteiger partial charge in [-0.1, -0.05) is 20.8 Å². The molecular weight excluding hydrogens is 384 g/mol. The van der Waals surface area contributed by atoms with Crippen LogP contribution in [0.5, 0.6) is 34.5 Å². The Balaban J connectivity index is 2.16. The first-order valence-electron chi connectivity index (χ1n) is 10.3. The van der Waals surface area contributed by atoms with Crippen LogP contribution in [0.1, 0.15) is 37.8 Å². The molecule has 0 bridgehead atoms. The molecule has 0 saturated heterocycles. The number of benzene rings is 2. The lowest BCUT2D eigenvalue weighted by Crippen LogP contribution is -2.21. The largest absolute Gasteiger partial charge is 0.493 e. The molecule has 0 spiro atoms. The Bertz CT molecular complexity index is 967. The molecular formula is C24H30O6. The number of hydrogen-bond donors (Lipinski definition) is 0. The molecule has 1 unspecified atom stereocenters. The fraction of sp³-hybridized carbons (Fsp3) is 0.500. The van der Waals surface area contributed by atoms with Crippen molar-refractivity contribution in [2.45, 2.75) is 33.1 Å². The minimum atomic E-state index is 0.185. The van der Waals surface area contributed by atoms with E-state index in [0.29, 0.717) is 40.6 Å². The number of rotatable bonds is 4. The van der Waals surface area contributed by atoms with Crippen molar-refractivity contribution in [1.82, 2.24) is 0 Å². The fourth-order valence-electron chi connectivity index (χ4n) is 4.79. The van der Waals surface area contributed by atoms with Gasteiger partial charge in [-0.3, -0.25) is 0 Å². The number of ether oxygens (including phenoxy) is 6. The van der Waals surface area contributed by atoms with Crippen molar-refractivity contribution in [3.8, 4) is 45.6 Å². The highest BCUT2D eigenvalue weighted by Crippen LogP contribution is 2.58. The van der Waals surface area contributed by atoms with Gasteiger partial charge in [-0.15, -0.1) is 0 Å². The van der Waals surface area contributed by atoms with Gasteiger partial charge in [0.1, 0.15) is 0 Å². The molecule has 0 amide bonds. The molecule has 1 aliphatic heterocycles. The Morgan fingerprint density at radius 3 is 2.13 bits per heavy atom. The minimum absolute atomic E-state index is 0.185. The topological polar surface area (TPSA) is 55.4 Å². The van der Waals surface area contributed by atoms with Crippen molar-refractivity contribution in [2.24, 2.45) is 11.8 Å². The van der Waals surface area contributed by atoms with Crippen molar-refractivity contribution < 1.29 is 28.4 Å². The predicted octanol–water partition coefficient (Wildman–Crippen LogP) is 5.05. The van der Waals surface area contributed by atoms with Crippen LogP contribution in [0.2, 0.25) is 0 Å². The van der Waals surface area contributed by atoms with E-state index in [1.807, 2.05) is 0 Å². The Labute approximate surface area is 178 Å². The third kappa shape index (κ3) is 2.92. The summed E-state index contributed by atoms with van der Waals surface area (Å²) in [6.45, 7) is 7.05. The summed E-state index contributed by atoms with van der Waals surface area (Å²) in [5.41, 5.74) is 4.22. The summed E-state index contributed by atoms with van der Waals surface area (Å²) in [5.74, 6) is 5.06. The fourth-order valence-corrected chi connectivity index (χ4v) is 4.79. The van der Waals surface area contributed by atoms with Gasteiger partial charge in [0, 0.05) is 11.1 Å². The molecule has 3 atom stereocenters. The van der Waals surface area contributed by atoms with E-state index in [4.69, 9.17) is 28.4 Å². The van der Waals surface area contributed by atoms with Gasteiger partial charge in [0.2, 0.25) is 18.3 Å². The lowest BCUT2D eigenvalue weighted by Gasteiger charge is -2.34. The Morgan fingerprint density at radius 2 is 1.50 bits per heavy atom. The van der Waals surface area contributed by atoms with E-state index >= 15 is 0 Å². The Morgan fingerprint density at radius 1 is 0.800 bits per heavy atom. The van der Waals surface area contributed by atoms with E-state index < -0.39 is 0 Å². The molecule has 0 radical (unpaired) electrons. The van der Waals surface area contributed by atoms with Crippen LogP contribution in [-0.4, -0.2) is 35.2 Å². The summed E-state index contributed by atoms with van der Waals surface area (Å²) in [6.07, 6.45) is 0.884. The maximum absolute atomic E-state index is 5.92. The van der Waals surface area contributed by atoms with Gasteiger partial charge >= 0.3 is 0 Å². The highest BCUT2D eigenvalue weighted by atomic mass is 16.7. The van der Waals surface area contributed by atoms with Crippen LogP contribution in [0, 0.1) is 11.8 Å². The van der Waals surface area contributed by atoms with E-state index in [9.17, 15) is 0 Å². The van der Waals surface area contributed by atoms with E-state index in [-0.39, 0.29) is 12.7 Å². The first-order chi connectivity index (χ1) is 14.5. The average molecular weight is 414 g/mol. The third-order valence-corrected chi connectivity index (χ3v) is 6.73. The zero-order valence-corrected chi connectivity index (χ0v) is 18.8. The second-order valence-corrected chi connectivity index (χ2v) is 8.12. The molecule has 0 fully saturated rings. The molecule has 6 heteroatoms. The van der Waals surface area contributed by atoms with Crippen LogP contribution in [0.3, 0.4) is 0 Å². The number of methoxy groups -OCH3 is 4. The summed E-state index contributed by atoms with van der Waals surface area (Å²) in [4.78, 5) is 0. The summed E-state index contributed by atoms with van der Waals surface area (Å²) < 4.78 is 34.7. The predicted molar refractivity (Wildman–Crippen MR) is 115 cm³/mol. The van der Waals surface area contributed by atoms with Crippen LogP contribution >= 0.6 is 0 Å². The minimum Gasteiger partial charge on any atom is -0.493 e. The second kappa shape index (κ2) is 7.82. The van der Waals surface area contributed by atoms with Crippen LogP contribution in [0.15, 0.2) is 12.1 Å². The lowest BCUT2D eigenvalue weighted by molar-refractivity contribution is 0.171. The zero-order valence-electron chi connectivity index (χ0n) is 18.8. The molecule has 1 aliphatic carbocycles. The van der Waals surface area contributed by atoms with Gasteiger partial charge in [0.25, 0.3) is 0 Å². The SMILES string of the molecule is COc1cc2c(c(OC)c1OC)-c1c(cc3c(c1OC)OCO3)C(C)[C@H](C)[C@@H](C)C2. The van der Waals surface area contributed by atoms with E-state index in [2.05, 4.69) is 32.9 Å². The van der Waals surface area contributed by atoms with Gasteiger partial charge in [-0.05, 0) is 47.4 Å². The van der Waals surface area contributed by atoms with Crippen LogP contribution in [-0.2, 0) is 6.42 Å². The molecule has 2 aromatic rings. The van der Waals surface area contributed by atoms with Crippen LogP contribution < -0.4 is 28.4 Å². The molecule has 1 heterocycles. The van der Waals surface area contributed by atoms with Crippen molar-refractivity contribution >= 4 is 0 Å². The van der Waals surface area contributed by atoms with Gasteiger partial charge in [0.15, 0.2) is 23.0 Å². The first-order valence-corrected chi connectivity index (χ1v) is 10.3. The normalized spacial score (nSPS) is 21.8. The number of fused-ring (bicyclic) bond motifs is 4. The molecule has 6 nitrogen and oxygen atoms in total. The molecule has 2 aliphatic rings. The van der Waals surface area contributed by atoms with E-state index in [1.165, 1.54) is 0 Å². The molecule has 2 aromatic carbocycles. The Hall–Kier alpha value is -2.76. The lowest BCUT2D eigenvalue weighted by atomic mass is 9.72. The van der Waals surface area contributed by atoms with Crippen molar-refractivity contribution in [3.63, 3.8) is 0 Å². The summed E-state index contributed by atoms with van der Waals surface area (Å²) >= 11 is 0. The van der Waals surface area contributed by atoms with Crippen molar-refractivity contribution in [2.75, 3.05) is 35.2 Å². The van der Waals surface area contributed by atoms with Gasteiger partial charge in [-0.2, -0.15) is 0 Å². The van der Waals surface area contributed by atoms with Gasteiger partial charge in [0.05, 0.1) is 28.4 Å². The molecule has 4 rings (SSSR count). The average Bonchev–Trinajstić information content (AvgIpc) is 3.23. The maximum atomic E-state index is 5.92. The molecule has 30 heavy (non-hydrogen) atoms. The summed E-state index contributed by atoms with van der Waals surface area (Å²) in [7, 11) is 6.60. The Kier molecular flexibility index (Phi) is 5.35. The van der Waals surface area contributed by atoms with Crippen LogP contribution in [0.25, 0.3) is 11.1 Å². The zero-order chi connectivity index (χ0) is 21.6. The first kappa shape index (κ1) is 20.5. The third-order valence-electron chi connectivity index (χ3n) is 6.73. The standard InChI is InChI=1S/C24H30O6/c1-12-8-15-9-17(25-4)21(26-5)23(27-6)19(15)20-16(14(3)13(12)2)10-18-22(24(20)28-7)30-11-29-18/h9-10,12-14H,8,11H2,1-7H3/t12-,13+,14?/m0/s1. The molecule has 0 saturated carbocycles. The highest BCUT2D eigenvalue weighted by molar-refractivity contribution is 5.89. The smallest absolute Gasteiger partial charge is 0.231 e. The number of hydrogen-bond acceptors (Lipinski definition) is 6. The van der Waals surface area contributed by atoms with Gasteiger partial charge < -0.3 is 28.4 Å². The van der Waals surface area contributed by atoms with Crippen molar-refractivity contribution in [1.29, 1.82) is 0 Å². The highest BCUT2D eigenvalue weighted by Gasteiger charge is 2.36. The van der Waals surface area contributed by atoms with Crippen molar-refractivity contribution in [3.05, 3.63) is 23.3 Å². The van der Waals surface area contributed by atoms with Crippen LogP contribution in [0.4, 0.5) is 0 Å². The van der Waals surface area contributed by atoms with Gasteiger partial charge in [-0.25, -0.2) is 0 Å². The quantitative estimate of drug-likeness (QED) is 0.698.